The van der Waals surface area contributed by atoms with E-state index in [2.05, 4.69) is 20.8 Å². The van der Waals surface area contributed by atoms with Gasteiger partial charge in [0, 0.05) is 5.39 Å². The van der Waals surface area contributed by atoms with Gasteiger partial charge >= 0.3 is 6.03 Å². The molecule has 136 valence electrons. The van der Waals surface area contributed by atoms with Crippen LogP contribution in [0.15, 0.2) is 42.5 Å². The van der Waals surface area contributed by atoms with Crippen molar-refractivity contribution in [1.29, 1.82) is 0 Å². The quantitative estimate of drug-likeness (QED) is 0.544. The molecule has 0 saturated carbocycles. The minimum atomic E-state index is -0.613. The number of para-hydroxylation sites is 1. The standard InChI is InChI=1S/C18H18F2N4O2/c19-9-3-4-10-26-12-7-8-15-13(11-12)17(24-23-15)22-18(25)21-16-6-2-1-5-14(16)20/h1-2,5-8,11H,3-4,9-10H2,(H3,21,22,23,24,25). The summed E-state index contributed by atoms with van der Waals surface area (Å²) in [5.41, 5.74) is 0.782. The van der Waals surface area contributed by atoms with Gasteiger partial charge in [0.2, 0.25) is 0 Å². The first-order valence-corrected chi connectivity index (χ1v) is 8.17. The van der Waals surface area contributed by atoms with Crippen LogP contribution >= 0.6 is 0 Å². The molecule has 0 aliphatic carbocycles. The van der Waals surface area contributed by atoms with Crippen molar-refractivity contribution in [3.63, 3.8) is 0 Å². The van der Waals surface area contributed by atoms with Crippen molar-refractivity contribution in [3.8, 4) is 5.75 Å². The Morgan fingerprint density at radius 3 is 2.81 bits per heavy atom. The molecule has 0 aliphatic heterocycles. The zero-order valence-electron chi connectivity index (χ0n) is 13.9. The number of urea groups is 1. The number of nitrogens with one attached hydrogen (secondary N) is 3. The van der Waals surface area contributed by atoms with E-state index in [0.717, 1.165) is 0 Å². The topological polar surface area (TPSA) is 79.0 Å². The van der Waals surface area contributed by atoms with Crippen LogP contribution in [0.1, 0.15) is 12.8 Å². The molecule has 1 aromatic heterocycles. The summed E-state index contributed by atoms with van der Waals surface area (Å²) in [4.78, 5) is 12.1. The minimum Gasteiger partial charge on any atom is -0.494 e. The highest BCUT2D eigenvalue weighted by molar-refractivity contribution is 6.04. The van der Waals surface area contributed by atoms with E-state index in [-0.39, 0.29) is 12.4 Å². The lowest BCUT2D eigenvalue weighted by atomic mass is 10.2. The Labute approximate surface area is 148 Å². The van der Waals surface area contributed by atoms with Gasteiger partial charge in [-0.1, -0.05) is 12.1 Å². The van der Waals surface area contributed by atoms with Gasteiger partial charge in [-0.2, -0.15) is 5.10 Å². The average Bonchev–Trinajstić information content (AvgIpc) is 3.03. The molecule has 0 bridgehead atoms. The Morgan fingerprint density at radius 2 is 2.00 bits per heavy atom. The van der Waals surface area contributed by atoms with Gasteiger partial charge in [-0.05, 0) is 43.2 Å². The second kappa shape index (κ2) is 8.28. The third-order valence-corrected chi connectivity index (χ3v) is 3.68. The summed E-state index contributed by atoms with van der Waals surface area (Å²) in [6.07, 6.45) is 1.08. The van der Waals surface area contributed by atoms with Crippen molar-refractivity contribution in [2.24, 2.45) is 0 Å². The number of halogens is 2. The van der Waals surface area contributed by atoms with Gasteiger partial charge in [-0.15, -0.1) is 0 Å². The molecule has 3 aromatic rings. The number of carbonyl (C=O) groups excluding carboxylic acids is 1. The number of ether oxygens (including phenoxy) is 1. The van der Waals surface area contributed by atoms with E-state index in [1.165, 1.54) is 18.2 Å². The number of fused-ring (bicyclic) bond motifs is 1. The molecule has 0 aliphatic rings. The second-order valence-corrected chi connectivity index (χ2v) is 5.58. The van der Waals surface area contributed by atoms with E-state index in [9.17, 15) is 13.6 Å². The largest absolute Gasteiger partial charge is 0.494 e. The van der Waals surface area contributed by atoms with Crippen molar-refractivity contribution >= 4 is 28.4 Å². The van der Waals surface area contributed by atoms with Crippen molar-refractivity contribution < 1.29 is 18.3 Å². The molecule has 3 N–H and O–H groups in total. The second-order valence-electron chi connectivity index (χ2n) is 5.58. The zero-order chi connectivity index (χ0) is 18.4. The molecular formula is C18H18F2N4O2. The van der Waals surface area contributed by atoms with Gasteiger partial charge in [-0.25, -0.2) is 9.18 Å². The monoisotopic (exact) mass is 360 g/mol. The molecule has 0 radical (unpaired) electrons. The Morgan fingerprint density at radius 1 is 1.15 bits per heavy atom. The van der Waals surface area contributed by atoms with Crippen LogP contribution in [-0.2, 0) is 0 Å². The Balaban J connectivity index is 1.69. The molecule has 26 heavy (non-hydrogen) atoms. The Bertz CT molecular complexity index is 898. The lowest BCUT2D eigenvalue weighted by Crippen LogP contribution is -2.20. The fraction of sp³-hybridized carbons (Fsp3) is 0.222. The molecule has 0 atom stereocenters. The molecule has 2 aromatic carbocycles. The lowest BCUT2D eigenvalue weighted by molar-refractivity contribution is 0.262. The first kappa shape index (κ1) is 17.7. The van der Waals surface area contributed by atoms with Crippen LogP contribution in [0.4, 0.5) is 25.1 Å². The predicted molar refractivity (Wildman–Crippen MR) is 95.8 cm³/mol. The predicted octanol–water partition coefficient (Wildman–Crippen LogP) is 4.47. The normalized spacial score (nSPS) is 10.7. The number of anilines is 2. The van der Waals surface area contributed by atoms with Crippen molar-refractivity contribution in [1.82, 2.24) is 10.2 Å². The van der Waals surface area contributed by atoms with Crippen LogP contribution < -0.4 is 15.4 Å². The van der Waals surface area contributed by atoms with Gasteiger partial charge < -0.3 is 10.1 Å². The average molecular weight is 360 g/mol. The maximum absolute atomic E-state index is 13.6. The van der Waals surface area contributed by atoms with Gasteiger partial charge in [0.05, 0.1) is 24.5 Å². The van der Waals surface area contributed by atoms with E-state index in [1.54, 1.807) is 24.3 Å². The maximum atomic E-state index is 13.6. The number of hydrogen-bond donors (Lipinski definition) is 3. The van der Waals surface area contributed by atoms with Gasteiger partial charge in [0.25, 0.3) is 0 Å². The van der Waals surface area contributed by atoms with Crippen molar-refractivity contribution in [3.05, 3.63) is 48.3 Å². The van der Waals surface area contributed by atoms with Crippen LogP contribution in [-0.4, -0.2) is 29.5 Å². The van der Waals surface area contributed by atoms with Crippen molar-refractivity contribution in [2.75, 3.05) is 23.9 Å². The molecule has 6 nitrogen and oxygen atoms in total. The summed E-state index contributed by atoms with van der Waals surface area (Å²) in [6.45, 7) is 0.0408. The smallest absolute Gasteiger partial charge is 0.324 e. The Kier molecular flexibility index (Phi) is 5.62. The number of alkyl halides is 1. The van der Waals surface area contributed by atoms with Crippen LogP contribution in [0.25, 0.3) is 10.9 Å². The van der Waals surface area contributed by atoms with Crippen molar-refractivity contribution in [2.45, 2.75) is 12.8 Å². The third kappa shape index (κ3) is 4.27. The summed E-state index contributed by atoms with van der Waals surface area (Å²) >= 11 is 0. The molecule has 2 amide bonds. The van der Waals surface area contributed by atoms with Gasteiger partial charge in [0.15, 0.2) is 5.82 Å². The number of nitrogens with zero attached hydrogens (tertiary/aromatic N) is 1. The van der Waals surface area contributed by atoms with E-state index in [4.69, 9.17) is 4.74 Å². The van der Waals surface area contributed by atoms with E-state index in [1.807, 2.05) is 0 Å². The van der Waals surface area contributed by atoms with Gasteiger partial charge in [0.1, 0.15) is 11.6 Å². The number of carbonyl (C=O) groups is 1. The fourth-order valence-corrected chi connectivity index (χ4v) is 2.39. The van der Waals surface area contributed by atoms with E-state index < -0.39 is 11.8 Å². The highest BCUT2D eigenvalue weighted by Gasteiger charge is 2.12. The molecule has 0 saturated heterocycles. The highest BCUT2D eigenvalue weighted by Crippen LogP contribution is 2.25. The first-order valence-electron chi connectivity index (χ1n) is 8.17. The summed E-state index contributed by atoms with van der Waals surface area (Å²) in [7, 11) is 0. The summed E-state index contributed by atoms with van der Waals surface area (Å²) in [6, 6.07) is 10.5. The molecule has 0 unspecified atom stereocenters. The van der Waals surface area contributed by atoms with Crippen LogP contribution in [0.2, 0.25) is 0 Å². The Hall–Kier alpha value is -3.16. The van der Waals surface area contributed by atoms with Gasteiger partial charge in [-0.3, -0.25) is 14.8 Å². The first-order chi connectivity index (χ1) is 12.7. The SMILES string of the molecule is O=C(Nc1ccccc1F)Nc1n[nH]c2ccc(OCCCCF)cc12. The number of amides is 2. The molecule has 3 rings (SSSR count). The van der Waals surface area contributed by atoms with Crippen LogP contribution in [0.3, 0.4) is 0 Å². The number of benzene rings is 2. The number of aromatic amines is 1. The van der Waals surface area contributed by atoms with E-state index in [0.29, 0.717) is 41.9 Å². The molecule has 0 spiro atoms. The number of aromatic nitrogens is 2. The highest BCUT2D eigenvalue weighted by atomic mass is 19.1. The maximum Gasteiger partial charge on any atom is 0.324 e. The lowest BCUT2D eigenvalue weighted by Gasteiger charge is -2.08. The number of rotatable bonds is 7. The number of hydrogen-bond acceptors (Lipinski definition) is 3. The number of unbranched alkanes of at least 4 members (excludes halogenated alkanes) is 1. The molecular weight excluding hydrogens is 342 g/mol. The minimum absolute atomic E-state index is 0.0710. The zero-order valence-corrected chi connectivity index (χ0v) is 13.9. The summed E-state index contributed by atoms with van der Waals surface area (Å²) in [5.74, 6) is 0.358. The third-order valence-electron chi connectivity index (χ3n) is 3.68. The van der Waals surface area contributed by atoms with E-state index >= 15 is 0 Å². The molecule has 0 fully saturated rings. The van der Waals surface area contributed by atoms with Crippen LogP contribution in [0.5, 0.6) is 5.75 Å². The summed E-state index contributed by atoms with van der Waals surface area (Å²) in [5, 5.41) is 12.5. The van der Waals surface area contributed by atoms with Crippen LogP contribution in [0, 0.1) is 5.82 Å². The molecule has 1 heterocycles. The number of H-pyrrole nitrogens is 1. The summed E-state index contributed by atoms with van der Waals surface area (Å²) < 4.78 is 31.3. The fourth-order valence-electron chi connectivity index (χ4n) is 2.39. The molecule has 8 heteroatoms.